The van der Waals surface area contributed by atoms with Crippen molar-refractivity contribution in [3.63, 3.8) is 0 Å². The first-order chi connectivity index (χ1) is 6.77. The van der Waals surface area contributed by atoms with E-state index < -0.39 is 0 Å². The largest absolute Gasteiger partial charge is 0.238 e. The molecule has 3 N–H and O–H groups in total. The molecule has 0 aromatic carbocycles. The highest BCUT2D eigenvalue weighted by atomic mass is 15.7. The molecule has 0 aromatic rings. The first kappa shape index (κ1) is 10.4. The summed E-state index contributed by atoms with van der Waals surface area (Å²) in [6.07, 6.45) is 7.58. The van der Waals surface area contributed by atoms with Crippen molar-refractivity contribution in [3.8, 4) is 0 Å². The van der Waals surface area contributed by atoms with Crippen LogP contribution in [0.3, 0.4) is 0 Å². The lowest BCUT2D eigenvalue weighted by molar-refractivity contribution is -0.0261. The van der Waals surface area contributed by atoms with E-state index in [0.29, 0.717) is 12.3 Å². The Kier molecular flexibility index (Phi) is 3.38. The van der Waals surface area contributed by atoms with E-state index in [4.69, 9.17) is 0 Å². The molecule has 1 aliphatic heterocycles. The minimum atomic E-state index is 0.327. The number of nitrogens with zero attached hydrogens (tertiary/aromatic N) is 1. The van der Waals surface area contributed by atoms with Crippen LogP contribution in [0.4, 0.5) is 0 Å². The van der Waals surface area contributed by atoms with Crippen molar-refractivity contribution in [2.45, 2.75) is 64.3 Å². The first-order valence-electron chi connectivity index (χ1n) is 5.83. The molecule has 4 nitrogen and oxygen atoms in total. The van der Waals surface area contributed by atoms with Gasteiger partial charge in [0.05, 0.1) is 12.3 Å². The Morgan fingerprint density at radius 2 is 1.71 bits per heavy atom. The summed E-state index contributed by atoms with van der Waals surface area (Å²) in [6, 6.07) is 0.718. The summed E-state index contributed by atoms with van der Waals surface area (Å²) < 4.78 is 0. The zero-order chi connectivity index (χ0) is 9.97. The summed E-state index contributed by atoms with van der Waals surface area (Å²) in [5.41, 5.74) is 9.99. The fourth-order valence-corrected chi connectivity index (χ4v) is 2.46. The summed E-state index contributed by atoms with van der Waals surface area (Å²) in [5, 5.41) is 2.39. The molecule has 2 atom stereocenters. The van der Waals surface area contributed by atoms with Crippen molar-refractivity contribution in [1.82, 2.24) is 21.3 Å². The molecule has 1 heterocycles. The molecule has 1 saturated carbocycles. The third-order valence-electron chi connectivity index (χ3n) is 3.24. The van der Waals surface area contributed by atoms with Gasteiger partial charge in [-0.2, -0.15) is 0 Å². The highest BCUT2D eigenvalue weighted by Gasteiger charge is 2.28. The lowest BCUT2D eigenvalue weighted by Crippen LogP contribution is -2.70. The van der Waals surface area contributed by atoms with Crippen LogP contribution in [-0.2, 0) is 0 Å². The molecule has 0 spiro atoms. The number of rotatable bonds is 1. The Morgan fingerprint density at radius 3 is 2.43 bits per heavy atom. The average Bonchev–Trinajstić information content (AvgIpc) is 2.23. The quantitative estimate of drug-likeness (QED) is 0.586. The maximum atomic E-state index is 3.50. The second kappa shape index (κ2) is 4.57. The molecule has 1 aliphatic carbocycles. The minimum Gasteiger partial charge on any atom is -0.238 e. The standard InChI is InChI=1S/C10H22N4/c1-8-11-12-9(2)14(13-8)10-6-4-3-5-7-10/h8-13H,3-7H2,1-2H3. The zero-order valence-electron chi connectivity index (χ0n) is 9.21. The summed E-state index contributed by atoms with van der Waals surface area (Å²) in [7, 11) is 0. The van der Waals surface area contributed by atoms with E-state index in [2.05, 4.69) is 35.1 Å². The Labute approximate surface area is 86.4 Å². The van der Waals surface area contributed by atoms with E-state index in [9.17, 15) is 0 Å². The summed E-state index contributed by atoms with van der Waals surface area (Å²) in [6.45, 7) is 4.33. The van der Waals surface area contributed by atoms with Crippen molar-refractivity contribution in [1.29, 1.82) is 0 Å². The summed E-state index contributed by atoms with van der Waals surface area (Å²) in [4.78, 5) is 0. The maximum Gasteiger partial charge on any atom is 0.0836 e. The molecule has 2 unspecified atom stereocenters. The van der Waals surface area contributed by atoms with Gasteiger partial charge in [-0.1, -0.05) is 19.3 Å². The van der Waals surface area contributed by atoms with E-state index in [1.54, 1.807) is 0 Å². The Morgan fingerprint density at radius 1 is 1.00 bits per heavy atom. The molecule has 0 radical (unpaired) electrons. The maximum absolute atomic E-state index is 3.50. The van der Waals surface area contributed by atoms with E-state index in [1.807, 2.05) is 0 Å². The second-order valence-corrected chi connectivity index (χ2v) is 4.51. The second-order valence-electron chi connectivity index (χ2n) is 4.51. The molecule has 0 amide bonds. The van der Waals surface area contributed by atoms with Crippen LogP contribution in [0.5, 0.6) is 0 Å². The topological polar surface area (TPSA) is 39.3 Å². The highest BCUT2D eigenvalue weighted by molar-refractivity contribution is 4.79. The third kappa shape index (κ3) is 2.25. The van der Waals surface area contributed by atoms with Gasteiger partial charge >= 0.3 is 0 Å². The van der Waals surface area contributed by atoms with Crippen LogP contribution >= 0.6 is 0 Å². The molecule has 14 heavy (non-hydrogen) atoms. The van der Waals surface area contributed by atoms with Gasteiger partial charge in [0, 0.05) is 6.04 Å². The molecule has 2 aliphatic rings. The van der Waals surface area contributed by atoms with Crippen LogP contribution in [0.15, 0.2) is 0 Å². The third-order valence-corrected chi connectivity index (χ3v) is 3.24. The van der Waals surface area contributed by atoms with Gasteiger partial charge in [-0.15, -0.1) is 0 Å². The Balaban J connectivity index is 1.92. The van der Waals surface area contributed by atoms with Gasteiger partial charge in [0.1, 0.15) is 0 Å². The van der Waals surface area contributed by atoms with Crippen molar-refractivity contribution < 1.29 is 0 Å². The number of hydrogen-bond donors (Lipinski definition) is 3. The fourth-order valence-electron chi connectivity index (χ4n) is 2.46. The van der Waals surface area contributed by atoms with Gasteiger partial charge < -0.3 is 0 Å². The van der Waals surface area contributed by atoms with Gasteiger partial charge in [0.15, 0.2) is 0 Å². The van der Waals surface area contributed by atoms with Gasteiger partial charge in [0.2, 0.25) is 0 Å². The van der Waals surface area contributed by atoms with E-state index >= 15 is 0 Å². The molecular weight excluding hydrogens is 176 g/mol. The van der Waals surface area contributed by atoms with E-state index in [-0.39, 0.29) is 0 Å². The van der Waals surface area contributed by atoms with Gasteiger partial charge in [-0.25, -0.2) is 21.3 Å². The van der Waals surface area contributed by atoms with E-state index in [1.165, 1.54) is 32.1 Å². The lowest BCUT2D eigenvalue weighted by atomic mass is 9.95. The molecule has 4 heteroatoms. The molecule has 82 valence electrons. The molecule has 0 bridgehead atoms. The van der Waals surface area contributed by atoms with Gasteiger partial charge in [-0.05, 0) is 26.7 Å². The molecule has 1 saturated heterocycles. The van der Waals surface area contributed by atoms with Crippen LogP contribution in [0.2, 0.25) is 0 Å². The normalized spacial score (nSPS) is 37.3. The van der Waals surface area contributed by atoms with Crippen LogP contribution in [0.1, 0.15) is 46.0 Å². The van der Waals surface area contributed by atoms with Crippen LogP contribution in [-0.4, -0.2) is 23.4 Å². The predicted octanol–water partition coefficient (Wildman–Crippen LogP) is 0.925. The summed E-state index contributed by atoms with van der Waals surface area (Å²) >= 11 is 0. The smallest absolute Gasteiger partial charge is 0.0836 e. The van der Waals surface area contributed by atoms with Crippen molar-refractivity contribution in [2.24, 2.45) is 0 Å². The van der Waals surface area contributed by atoms with Crippen LogP contribution in [0.25, 0.3) is 0 Å². The Bertz CT molecular complexity index is 179. The SMILES string of the molecule is CC1NNC(C)N(C2CCCCC2)N1. The number of nitrogens with one attached hydrogen (secondary N) is 3. The monoisotopic (exact) mass is 198 g/mol. The van der Waals surface area contributed by atoms with Crippen LogP contribution < -0.4 is 16.3 Å². The predicted molar refractivity (Wildman–Crippen MR) is 57.0 cm³/mol. The fraction of sp³-hybridized carbons (Fsp3) is 1.00. The molecule has 0 aromatic heterocycles. The Hall–Kier alpha value is -0.160. The summed E-state index contributed by atoms with van der Waals surface area (Å²) in [5.74, 6) is 0. The van der Waals surface area contributed by atoms with Crippen molar-refractivity contribution >= 4 is 0 Å². The van der Waals surface area contributed by atoms with Crippen molar-refractivity contribution in [3.05, 3.63) is 0 Å². The number of hydrazine groups is 2. The van der Waals surface area contributed by atoms with Crippen LogP contribution in [0, 0.1) is 0 Å². The first-order valence-corrected chi connectivity index (χ1v) is 5.83. The average molecular weight is 198 g/mol. The zero-order valence-corrected chi connectivity index (χ0v) is 9.21. The highest BCUT2D eigenvalue weighted by Crippen LogP contribution is 2.22. The van der Waals surface area contributed by atoms with Gasteiger partial charge in [0.25, 0.3) is 0 Å². The minimum absolute atomic E-state index is 0.327. The molecular formula is C10H22N4. The molecule has 2 rings (SSSR count). The molecule has 2 fully saturated rings. The van der Waals surface area contributed by atoms with Crippen molar-refractivity contribution in [2.75, 3.05) is 0 Å². The van der Waals surface area contributed by atoms with E-state index in [0.717, 1.165) is 6.04 Å². The lowest BCUT2D eigenvalue weighted by Gasteiger charge is -2.44. The van der Waals surface area contributed by atoms with Gasteiger partial charge in [-0.3, -0.25) is 0 Å². The number of hydrogen-bond acceptors (Lipinski definition) is 4.